The minimum absolute atomic E-state index is 0.185. The topological polar surface area (TPSA) is 89.2 Å². The minimum Gasteiger partial charge on any atom is -0.595 e. The quantitative estimate of drug-likeness (QED) is 0.433. The van der Waals surface area contributed by atoms with Crippen molar-refractivity contribution in [3.05, 3.63) is 105 Å². The van der Waals surface area contributed by atoms with Gasteiger partial charge < -0.3 is 5.21 Å². The summed E-state index contributed by atoms with van der Waals surface area (Å²) in [7, 11) is 0. The van der Waals surface area contributed by atoms with Crippen molar-refractivity contribution < 1.29 is 15.2 Å². The molecular formula is C20H16BrN3O3. The van der Waals surface area contributed by atoms with Gasteiger partial charge in [0.1, 0.15) is 0 Å². The molecular weight excluding hydrogens is 410 g/mol. The number of nitrogens with zero attached hydrogens (tertiary/aromatic N) is 1. The molecule has 0 aliphatic heterocycles. The predicted molar refractivity (Wildman–Crippen MR) is 106 cm³/mol. The van der Waals surface area contributed by atoms with Gasteiger partial charge in [-0.15, -0.1) is 0 Å². The van der Waals surface area contributed by atoms with Crippen LogP contribution in [0.4, 0.5) is 5.69 Å². The van der Waals surface area contributed by atoms with Crippen LogP contribution < -0.4 is 10.7 Å². The first-order valence-corrected chi connectivity index (χ1v) is 8.86. The van der Waals surface area contributed by atoms with Gasteiger partial charge in [-0.1, -0.05) is 46.3 Å². The Labute approximate surface area is 164 Å². The highest BCUT2D eigenvalue weighted by Crippen LogP contribution is 2.14. The molecule has 0 radical (unpaired) electrons. The lowest BCUT2D eigenvalue weighted by Crippen LogP contribution is -2.99. The molecule has 1 unspecified atom stereocenters. The maximum Gasteiger partial charge on any atom is 0.271 e. The normalized spacial score (nSPS) is 12.5. The van der Waals surface area contributed by atoms with E-state index in [1.54, 1.807) is 36.4 Å². The molecule has 3 aromatic carbocycles. The Morgan fingerprint density at radius 2 is 1.44 bits per heavy atom. The first kappa shape index (κ1) is 18.9. The Morgan fingerprint density at radius 1 is 0.889 bits per heavy atom. The largest absolute Gasteiger partial charge is 0.595 e. The molecule has 27 heavy (non-hydrogen) atoms. The van der Waals surface area contributed by atoms with Gasteiger partial charge in [0.15, 0.2) is 5.69 Å². The molecule has 0 bridgehead atoms. The molecule has 6 nitrogen and oxygen atoms in total. The third-order valence-electron chi connectivity index (χ3n) is 3.83. The number of rotatable bonds is 5. The molecule has 0 aromatic heterocycles. The van der Waals surface area contributed by atoms with Gasteiger partial charge in [-0.25, -0.2) is 10.6 Å². The summed E-state index contributed by atoms with van der Waals surface area (Å²) in [4.78, 5) is 12.4. The van der Waals surface area contributed by atoms with Crippen molar-refractivity contribution in [1.29, 1.82) is 0 Å². The predicted octanol–water partition coefficient (Wildman–Crippen LogP) is 3.03. The van der Waals surface area contributed by atoms with E-state index in [0.29, 0.717) is 16.8 Å². The fraction of sp³-hybridized carbons (Fsp3) is 0. The number of quaternary nitrogens is 1. The van der Waals surface area contributed by atoms with Crippen molar-refractivity contribution in [3.63, 3.8) is 0 Å². The van der Waals surface area contributed by atoms with Gasteiger partial charge in [-0.2, -0.15) is 10.3 Å². The van der Waals surface area contributed by atoms with Crippen molar-refractivity contribution in [2.75, 3.05) is 0 Å². The van der Waals surface area contributed by atoms with E-state index in [1.165, 1.54) is 12.1 Å². The van der Waals surface area contributed by atoms with E-state index in [9.17, 15) is 10.0 Å². The van der Waals surface area contributed by atoms with Crippen molar-refractivity contribution in [2.24, 2.45) is 5.10 Å². The summed E-state index contributed by atoms with van der Waals surface area (Å²) in [6, 6.07) is 22.7. The third-order valence-corrected chi connectivity index (χ3v) is 4.36. The van der Waals surface area contributed by atoms with Crippen LogP contribution in [-0.4, -0.2) is 16.8 Å². The molecule has 0 heterocycles. The van der Waals surface area contributed by atoms with E-state index in [-0.39, 0.29) is 11.6 Å². The van der Waals surface area contributed by atoms with Crippen LogP contribution in [0.3, 0.4) is 0 Å². The summed E-state index contributed by atoms with van der Waals surface area (Å²) in [6.45, 7) is 0. The molecule has 3 rings (SSSR count). The lowest BCUT2D eigenvalue weighted by atomic mass is 10.0. The number of benzene rings is 3. The van der Waals surface area contributed by atoms with Crippen LogP contribution in [0, 0.1) is 5.21 Å². The first-order chi connectivity index (χ1) is 13.0. The molecule has 0 saturated heterocycles. The van der Waals surface area contributed by atoms with E-state index in [4.69, 9.17) is 5.21 Å². The van der Waals surface area contributed by atoms with Crippen LogP contribution in [0.2, 0.25) is 0 Å². The smallest absolute Gasteiger partial charge is 0.271 e. The van der Waals surface area contributed by atoms with Crippen LogP contribution >= 0.6 is 15.9 Å². The molecule has 0 aliphatic carbocycles. The summed E-state index contributed by atoms with van der Waals surface area (Å²) >= 11 is 3.33. The zero-order valence-corrected chi connectivity index (χ0v) is 15.7. The van der Waals surface area contributed by atoms with Crippen LogP contribution in [0.5, 0.6) is 0 Å². The molecule has 1 atom stereocenters. The average Bonchev–Trinajstić information content (AvgIpc) is 2.69. The van der Waals surface area contributed by atoms with Crippen molar-refractivity contribution in [1.82, 2.24) is 5.43 Å². The number of hydrazone groups is 1. The standard InChI is InChI=1S/C20H16BrN3O3/c21-17-10-6-16(7-11-17)20(25)23-22-19(14-4-2-1-3-5-14)15-8-12-18(13-9-15)24(26)27/h1-13,24,26H,(H,23,25). The van der Waals surface area contributed by atoms with Gasteiger partial charge in [0.25, 0.3) is 5.91 Å². The van der Waals surface area contributed by atoms with Gasteiger partial charge in [-0.3, -0.25) is 4.79 Å². The van der Waals surface area contributed by atoms with Crippen LogP contribution in [0.15, 0.2) is 88.4 Å². The average molecular weight is 426 g/mol. The number of halogens is 1. The molecule has 0 aliphatic rings. The maximum atomic E-state index is 12.4. The molecule has 3 aromatic rings. The summed E-state index contributed by atoms with van der Waals surface area (Å²) in [6.07, 6.45) is 0. The number of nitrogens with one attached hydrogen (secondary N) is 2. The molecule has 1 amide bonds. The number of carbonyl (C=O) groups excluding carboxylic acids is 1. The lowest BCUT2D eigenvalue weighted by molar-refractivity contribution is -0.991. The molecule has 136 valence electrons. The van der Waals surface area contributed by atoms with Crippen LogP contribution in [-0.2, 0) is 0 Å². The Hall–Kier alpha value is -2.84. The van der Waals surface area contributed by atoms with Gasteiger partial charge in [0, 0.05) is 33.3 Å². The molecule has 0 spiro atoms. The Kier molecular flexibility index (Phi) is 6.10. The fourth-order valence-corrected chi connectivity index (χ4v) is 2.70. The van der Waals surface area contributed by atoms with E-state index in [2.05, 4.69) is 26.5 Å². The number of hydrogen-bond acceptors (Lipinski definition) is 4. The Morgan fingerprint density at radius 3 is 2.04 bits per heavy atom. The van der Waals surface area contributed by atoms with E-state index < -0.39 is 5.23 Å². The number of amides is 1. The lowest BCUT2D eigenvalue weighted by Gasteiger charge is -2.12. The molecule has 3 N–H and O–H groups in total. The minimum atomic E-state index is -0.997. The highest BCUT2D eigenvalue weighted by atomic mass is 79.9. The Balaban J connectivity index is 1.91. The second kappa shape index (κ2) is 8.70. The molecule has 7 heteroatoms. The third kappa shape index (κ3) is 4.87. The molecule has 0 fully saturated rings. The highest BCUT2D eigenvalue weighted by molar-refractivity contribution is 9.10. The van der Waals surface area contributed by atoms with Gasteiger partial charge in [-0.05, 0) is 36.4 Å². The van der Waals surface area contributed by atoms with Gasteiger partial charge in [0.2, 0.25) is 0 Å². The summed E-state index contributed by atoms with van der Waals surface area (Å²) in [5.41, 5.74) is 5.28. The summed E-state index contributed by atoms with van der Waals surface area (Å²) in [5.74, 6) is -0.335. The summed E-state index contributed by atoms with van der Waals surface area (Å²) < 4.78 is 0.881. The highest BCUT2D eigenvalue weighted by Gasteiger charge is 2.10. The molecule has 0 saturated carbocycles. The Bertz CT molecular complexity index is 940. The van der Waals surface area contributed by atoms with Gasteiger partial charge >= 0.3 is 0 Å². The van der Waals surface area contributed by atoms with Crippen molar-refractivity contribution in [3.8, 4) is 0 Å². The van der Waals surface area contributed by atoms with Crippen molar-refractivity contribution in [2.45, 2.75) is 0 Å². The van der Waals surface area contributed by atoms with E-state index >= 15 is 0 Å². The van der Waals surface area contributed by atoms with Crippen LogP contribution in [0.1, 0.15) is 21.5 Å². The maximum absolute atomic E-state index is 12.4. The summed E-state index contributed by atoms with van der Waals surface area (Å²) in [5, 5.41) is 23.4. The second-order valence-corrected chi connectivity index (χ2v) is 6.57. The van der Waals surface area contributed by atoms with E-state index in [1.807, 2.05) is 30.3 Å². The first-order valence-electron chi connectivity index (χ1n) is 8.07. The zero-order chi connectivity index (χ0) is 19.2. The number of hydrogen-bond donors (Lipinski definition) is 3. The van der Waals surface area contributed by atoms with Gasteiger partial charge in [0.05, 0.1) is 5.71 Å². The fourth-order valence-electron chi connectivity index (χ4n) is 2.43. The SMILES string of the molecule is O=C(NN=C(c1ccccc1)c1ccc([NH+]([O-])O)cc1)c1ccc(Br)cc1. The van der Waals surface area contributed by atoms with E-state index in [0.717, 1.165) is 10.0 Å². The number of carbonyl (C=O) groups is 1. The van der Waals surface area contributed by atoms with Crippen molar-refractivity contribution >= 4 is 33.2 Å². The zero-order valence-electron chi connectivity index (χ0n) is 14.1. The second-order valence-electron chi connectivity index (χ2n) is 5.66. The van der Waals surface area contributed by atoms with Crippen LogP contribution in [0.25, 0.3) is 0 Å². The monoisotopic (exact) mass is 425 g/mol.